The van der Waals surface area contributed by atoms with Crippen LogP contribution in [0.3, 0.4) is 0 Å². The molecule has 204 valence electrons. The molecule has 3 heterocycles. The number of aromatic nitrogens is 3. The lowest BCUT2D eigenvalue weighted by atomic mass is 10.1. The first-order valence-corrected chi connectivity index (χ1v) is 14.5. The number of sulfonamides is 1. The number of rotatable bonds is 6. The number of carbonyl (C=O) groups excluding carboxylic acids is 2. The second-order valence-electron chi connectivity index (χ2n) is 9.85. The van der Waals surface area contributed by atoms with Gasteiger partial charge in [-0.3, -0.25) is 14.8 Å². The number of amides is 3. The highest BCUT2D eigenvalue weighted by atomic mass is 32.2. The number of hydrogen-bond acceptors (Lipinski definition) is 9. The lowest BCUT2D eigenvalue weighted by molar-refractivity contribution is -0.129. The maximum atomic E-state index is 12.5. The van der Waals surface area contributed by atoms with E-state index < -0.39 is 14.8 Å². The van der Waals surface area contributed by atoms with E-state index in [1.54, 1.807) is 40.1 Å². The summed E-state index contributed by atoms with van der Waals surface area (Å²) in [5.74, 6) is 0.0431. The molecule has 1 aliphatic heterocycles. The molecule has 12 nitrogen and oxygen atoms in total. The average Bonchev–Trinajstić information content (AvgIpc) is 3.25. The number of thiazole rings is 1. The summed E-state index contributed by atoms with van der Waals surface area (Å²) in [6.07, 6.45) is 3.12. The van der Waals surface area contributed by atoms with E-state index in [4.69, 9.17) is 0 Å². The van der Waals surface area contributed by atoms with E-state index >= 15 is 0 Å². The number of nitrogens with one attached hydrogen (secondary N) is 3. The third-order valence-electron chi connectivity index (χ3n) is 6.11. The molecule has 0 atom stereocenters. The van der Waals surface area contributed by atoms with Gasteiger partial charge in [-0.2, -0.15) is 0 Å². The number of carbonyl (C=O) groups is 2. The van der Waals surface area contributed by atoms with Crippen LogP contribution >= 0.6 is 11.3 Å². The van der Waals surface area contributed by atoms with Gasteiger partial charge in [0, 0.05) is 57.6 Å². The molecule has 3 aromatic rings. The number of nitrogens with zero attached hydrogens (tertiary/aromatic N) is 5. The van der Waals surface area contributed by atoms with Crippen LogP contribution in [0.15, 0.2) is 24.5 Å². The van der Waals surface area contributed by atoms with Gasteiger partial charge in [0.25, 0.3) is 0 Å². The molecule has 0 bridgehead atoms. The molecule has 1 saturated heterocycles. The molecule has 0 aliphatic carbocycles. The Labute approximate surface area is 225 Å². The molecule has 0 spiro atoms. The third kappa shape index (κ3) is 5.96. The first-order valence-electron chi connectivity index (χ1n) is 12.2. The van der Waals surface area contributed by atoms with Gasteiger partial charge in [0.2, 0.25) is 21.9 Å². The van der Waals surface area contributed by atoms with Crippen LogP contribution in [0.2, 0.25) is 0 Å². The molecule has 4 rings (SSSR count). The minimum absolute atomic E-state index is 0.00703. The van der Waals surface area contributed by atoms with Crippen molar-refractivity contribution in [1.82, 2.24) is 25.2 Å². The van der Waals surface area contributed by atoms with Crippen LogP contribution in [0.4, 0.5) is 21.6 Å². The second kappa shape index (κ2) is 10.7. The van der Waals surface area contributed by atoms with Crippen LogP contribution < -0.4 is 20.3 Å². The van der Waals surface area contributed by atoms with Crippen molar-refractivity contribution in [3.63, 3.8) is 0 Å². The zero-order chi connectivity index (χ0) is 27.7. The van der Waals surface area contributed by atoms with Crippen molar-refractivity contribution in [2.45, 2.75) is 39.4 Å². The number of urea groups is 1. The summed E-state index contributed by atoms with van der Waals surface area (Å²) in [6.45, 7) is 11.2. The number of benzene rings is 1. The van der Waals surface area contributed by atoms with Crippen molar-refractivity contribution in [2.75, 3.05) is 47.7 Å². The first-order chi connectivity index (χ1) is 17.9. The van der Waals surface area contributed by atoms with Gasteiger partial charge in [0.1, 0.15) is 0 Å². The van der Waals surface area contributed by atoms with Gasteiger partial charge >= 0.3 is 6.03 Å². The Balaban J connectivity index is 1.69. The van der Waals surface area contributed by atoms with Crippen molar-refractivity contribution < 1.29 is 18.0 Å². The van der Waals surface area contributed by atoms with Crippen LogP contribution in [0.25, 0.3) is 21.3 Å². The Morgan fingerprint density at radius 3 is 2.29 bits per heavy atom. The first kappa shape index (κ1) is 27.5. The smallest absolute Gasteiger partial charge is 0.321 e. The fourth-order valence-electron chi connectivity index (χ4n) is 3.84. The SMILES string of the molecule is CCNC(=O)Nc1nc2cc(-c3cnc(NS(=O)(=O)C(C)(C)C)nc3)cc(N3CCN(C(C)=O)CC3)c2s1. The van der Waals surface area contributed by atoms with Gasteiger partial charge in [0.05, 0.1) is 20.7 Å². The van der Waals surface area contributed by atoms with E-state index in [9.17, 15) is 18.0 Å². The Hall–Kier alpha value is -3.52. The Kier molecular flexibility index (Phi) is 7.74. The topological polar surface area (TPSA) is 150 Å². The molecule has 1 aliphatic rings. The van der Waals surface area contributed by atoms with Gasteiger partial charge in [-0.1, -0.05) is 11.3 Å². The quantitative estimate of drug-likeness (QED) is 0.416. The lowest BCUT2D eigenvalue weighted by Crippen LogP contribution is -2.48. The number of hydrogen-bond donors (Lipinski definition) is 3. The van der Waals surface area contributed by atoms with E-state index in [0.717, 1.165) is 16.0 Å². The summed E-state index contributed by atoms with van der Waals surface area (Å²) in [6, 6.07) is 3.57. The normalized spacial score (nSPS) is 14.4. The highest BCUT2D eigenvalue weighted by Crippen LogP contribution is 2.38. The molecule has 38 heavy (non-hydrogen) atoms. The highest BCUT2D eigenvalue weighted by molar-refractivity contribution is 7.94. The van der Waals surface area contributed by atoms with Gasteiger partial charge < -0.3 is 15.1 Å². The second-order valence-corrected chi connectivity index (χ2v) is 13.3. The van der Waals surface area contributed by atoms with Crippen LogP contribution in [0.5, 0.6) is 0 Å². The molecule has 14 heteroatoms. The molecular weight excluding hydrogens is 528 g/mol. The predicted molar refractivity (Wildman–Crippen MR) is 150 cm³/mol. The Morgan fingerprint density at radius 2 is 1.71 bits per heavy atom. The van der Waals surface area contributed by atoms with E-state index in [-0.39, 0.29) is 17.9 Å². The Bertz CT molecular complexity index is 1440. The van der Waals surface area contributed by atoms with Crippen LogP contribution in [-0.4, -0.2) is 77.7 Å². The summed E-state index contributed by atoms with van der Waals surface area (Å²) in [7, 11) is -3.66. The molecule has 3 N–H and O–H groups in total. The number of anilines is 3. The van der Waals surface area contributed by atoms with Gasteiger partial charge in [-0.15, -0.1) is 0 Å². The van der Waals surface area contributed by atoms with Gasteiger partial charge in [0.15, 0.2) is 5.13 Å². The lowest BCUT2D eigenvalue weighted by Gasteiger charge is -2.36. The van der Waals surface area contributed by atoms with Gasteiger partial charge in [-0.05, 0) is 45.4 Å². The standard InChI is InChI=1S/C24H32N8O4S2/c1-6-25-22(34)29-23-28-18-11-16(17-13-26-21(27-14-17)30-38(35,36)24(3,4)5)12-19(20(18)37-23)32-9-7-31(8-10-32)15(2)33/h11-14H,6-10H2,1-5H3,(H,26,27,30)(H2,25,28,29,34). The predicted octanol–water partition coefficient (Wildman–Crippen LogP) is 3.10. The summed E-state index contributed by atoms with van der Waals surface area (Å²) in [4.78, 5) is 41.0. The minimum atomic E-state index is -3.66. The number of fused-ring (bicyclic) bond motifs is 1. The van der Waals surface area contributed by atoms with Crippen molar-refractivity contribution in [2.24, 2.45) is 0 Å². The molecule has 0 saturated carbocycles. The zero-order valence-corrected chi connectivity index (χ0v) is 23.7. The van der Waals surface area contributed by atoms with Crippen molar-refractivity contribution in [3.05, 3.63) is 24.5 Å². The van der Waals surface area contributed by atoms with E-state index in [1.807, 2.05) is 24.0 Å². The largest absolute Gasteiger partial charge is 0.367 e. The van der Waals surface area contributed by atoms with Crippen LogP contribution in [0.1, 0.15) is 34.6 Å². The minimum Gasteiger partial charge on any atom is -0.367 e. The zero-order valence-electron chi connectivity index (χ0n) is 22.0. The summed E-state index contributed by atoms with van der Waals surface area (Å²) < 4.78 is 27.3. The van der Waals surface area contributed by atoms with Crippen molar-refractivity contribution in [3.8, 4) is 11.1 Å². The van der Waals surface area contributed by atoms with E-state index in [0.29, 0.717) is 48.9 Å². The van der Waals surface area contributed by atoms with Gasteiger partial charge in [-0.25, -0.2) is 28.2 Å². The molecule has 1 fully saturated rings. The average molecular weight is 561 g/mol. The highest BCUT2D eigenvalue weighted by Gasteiger charge is 2.30. The summed E-state index contributed by atoms with van der Waals surface area (Å²) in [5, 5.41) is 5.95. The molecule has 0 unspecified atom stereocenters. The molecule has 3 amide bonds. The maximum Gasteiger partial charge on any atom is 0.321 e. The number of piperazine rings is 1. The summed E-state index contributed by atoms with van der Waals surface area (Å²) in [5.41, 5.74) is 3.10. The van der Waals surface area contributed by atoms with Crippen molar-refractivity contribution >= 4 is 60.3 Å². The third-order valence-corrected chi connectivity index (χ3v) is 9.18. The molecule has 2 aromatic heterocycles. The molecule has 1 aromatic carbocycles. The fraction of sp³-hybridized carbons (Fsp3) is 0.458. The maximum absolute atomic E-state index is 12.5. The monoisotopic (exact) mass is 560 g/mol. The van der Waals surface area contributed by atoms with E-state index in [2.05, 4.69) is 35.2 Å². The van der Waals surface area contributed by atoms with Crippen LogP contribution in [-0.2, 0) is 14.8 Å². The summed E-state index contributed by atoms with van der Waals surface area (Å²) >= 11 is 1.38. The van der Waals surface area contributed by atoms with Crippen molar-refractivity contribution in [1.29, 1.82) is 0 Å². The molecule has 0 radical (unpaired) electrons. The molecular formula is C24H32N8O4S2. The Morgan fingerprint density at radius 1 is 1.05 bits per heavy atom. The van der Waals surface area contributed by atoms with Crippen LogP contribution in [0, 0.1) is 0 Å². The van der Waals surface area contributed by atoms with E-state index in [1.165, 1.54) is 11.3 Å². The fourth-order valence-corrected chi connectivity index (χ4v) is 5.47.